The number of methoxy groups -OCH3 is 1. The largest absolute Gasteiger partial charge is 0.497 e. The Kier molecular flexibility index (Phi) is 8.61. The second-order valence-corrected chi connectivity index (χ2v) is 11.5. The lowest BCUT2D eigenvalue weighted by Crippen LogP contribution is -2.45. The average Bonchev–Trinajstić information content (AvgIpc) is 3.49. The molecule has 1 aromatic heterocycles. The van der Waals surface area contributed by atoms with Crippen molar-refractivity contribution in [2.45, 2.75) is 56.6 Å². The molecule has 0 unspecified atom stereocenters. The van der Waals surface area contributed by atoms with Gasteiger partial charge in [0.1, 0.15) is 11.4 Å². The van der Waals surface area contributed by atoms with E-state index in [1.807, 2.05) is 48.5 Å². The Balaban J connectivity index is 1.38. The molecule has 8 nitrogen and oxygen atoms in total. The van der Waals surface area contributed by atoms with Gasteiger partial charge in [-0.2, -0.15) is 0 Å². The summed E-state index contributed by atoms with van der Waals surface area (Å²) < 4.78 is 20.8. The van der Waals surface area contributed by atoms with E-state index in [1.165, 1.54) is 6.42 Å². The van der Waals surface area contributed by atoms with Crippen LogP contribution in [-0.2, 0) is 15.1 Å². The molecular weight excluding hydrogens is 542 g/mol. The number of benzene rings is 3. The number of nitrogens with one attached hydrogen (secondary N) is 1. The molecule has 1 N–H and O–H groups in total. The monoisotopic (exact) mass is 581 g/mol. The van der Waals surface area contributed by atoms with Crippen LogP contribution in [0, 0.1) is 6.92 Å². The summed E-state index contributed by atoms with van der Waals surface area (Å²) in [6, 6.07) is 28.5. The van der Waals surface area contributed by atoms with Gasteiger partial charge in [-0.15, -0.1) is 0 Å². The zero-order valence-electron chi connectivity index (χ0n) is 24.8. The first-order valence-corrected chi connectivity index (χ1v) is 15.1. The molecule has 0 bridgehead atoms. The molecule has 0 aliphatic carbocycles. The smallest absolute Gasteiger partial charge is 0.330 e. The normalized spacial score (nSPS) is 21.1. The minimum absolute atomic E-state index is 0.0132. The van der Waals surface area contributed by atoms with Gasteiger partial charge in [-0.3, -0.25) is 19.2 Å². The fraction of sp³-hybridized carbons (Fsp3) is 0.371. The molecule has 4 aromatic rings. The Bertz CT molecular complexity index is 1570. The number of aromatic amines is 1. The summed E-state index contributed by atoms with van der Waals surface area (Å²) in [6.07, 6.45) is 4.97. The highest BCUT2D eigenvalue weighted by Crippen LogP contribution is 2.42. The highest BCUT2D eigenvalue weighted by Gasteiger charge is 2.44. The number of nitrogens with zero attached hydrogens (tertiary/aromatic N) is 2. The fourth-order valence-corrected chi connectivity index (χ4v) is 6.58. The number of aryl methyl sites for hydroxylation is 1. The van der Waals surface area contributed by atoms with Gasteiger partial charge in [-0.05, 0) is 68.1 Å². The van der Waals surface area contributed by atoms with Gasteiger partial charge in [-0.1, -0.05) is 79.2 Å². The predicted octanol–water partition coefficient (Wildman–Crippen LogP) is 5.00. The van der Waals surface area contributed by atoms with Crippen LogP contribution >= 0.6 is 0 Å². The number of likely N-dealkylation sites (tertiary alicyclic amines) is 1. The molecule has 0 amide bonds. The Morgan fingerprint density at radius 2 is 1.47 bits per heavy atom. The second-order valence-electron chi connectivity index (χ2n) is 11.5. The Labute approximate surface area is 251 Å². The molecule has 8 heteroatoms. The summed E-state index contributed by atoms with van der Waals surface area (Å²) in [6.45, 7) is 3.93. The first-order valence-electron chi connectivity index (χ1n) is 15.1. The van der Waals surface area contributed by atoms with Crippen LogP contribution in [0.2, 0.25) is 0 Å². The van der Waals surface area contributed by atoms with Gasteiger partial charge in [0.25, 0.3) is 5.56 Å². The van der Waals surface area contributed by atoms with Crippen LogP contribution in [0.5, 0.6) is 5.75 Å². The van der Waals surface area contributed by atoms with Crippen molar-refractivity contribution in [2.75, 3.05) is 26.8 Å². The first kappa shape index (κ1) is 29.1. The molecule has 0 radical (unpaired) electrons. The lowest BCUT2D eigenvalue weighted by molar-refractivity contribution is -0.0844. The number of aromatic nitrogens is 2. The van der Waals surface area contributed by atoms with Crippen molar-refractivity contribution in [1.29, 1.82) is 0 Å². The zero-order valence-corrected chi connectivity index (χ0v) is 24.8. The lowest BCUT2D eigenvalue weighted by atomic mass is 9.80. The maximum atomic E-state index is 13.0. The van der Waals surface area contributed by atoms with Crippen molar-refractivity contribution >= 4 is 0 Å². The van der Waals surface area contributed by atoms with Crippen LogP contribution in [0.25, 0.3) is 0 Å². The average molecular weight is 582 g/mol. The second kappa shape index (κ2) is 12.7. The molecule has 2 aliphatic rings. The molecule has 43 heavy (non-hydrogen) atoms. The summed E-state index contributed by atoms with van der Waals surface area (Å²) in [5, 5.41) is 0. The third kappa shape index (κ3) is 5.83. The summed E-state index contributed by atoms with van der Waals surface area (Å²) >= 11 is 0. The standard InChI is InChI=1S/C35H39N3O5/c1-25-23-38(34(40)36-32(25)39)33-31(37-20-10-5-11-21-37)22-30(43-33)24-42-35(26-12-6-3-7-13-26,27-14-8-4-9-15-27)28-16-18-29(41-2)19-17-28/h3-4,6-9,12-19,23,30-31,33H,5,10-11,20-22,24H2,1-2H3,(H,36,39,40)/t30-,31+,33+/m0/s1. The van der Waals surface area contributed by atoms with Crippen molar-refractivity contribution in [3.05, 3.63) is 134 Å². The molecule has 2 saturated heterocycles. The molecule has 0 saturated carbocycles. The lowest BCUT2D eigenvalue weighted by Gasteiger charge is -2.36. The van der Waals surface area contributed by atoms with E-state index in [4.69, 9.17) is 14.2 Å². The van der Waals surface area contributed by atoms with Crippen molar-refractivity contribution < 1.29 is 14.2 Å². The highest BCUT2D eigenvalue weighted by atomic mass is 16.6. The molecule has 3 atom stereocenters. The van der Waals surface area contributed by atoms with Crippen molar-refractivity contribution in [2.24, 2.45) is 0 Å². The molecule has 2 aliphatic heterocycles. The van der Waals surface area contributed by atoms with Crippen LogP contribution < -0.4 is 16.0 Å². The van der Waals surface area contributed by atoms with E-state index in [0.29, 0.717) is 18.6 Å². The number of rotatable bonds is 9. The van der Waals surface area contributed by atoms with Gasteiger partial charge < -0.3 is 14.2 Å². The van der Waals surface area contributed by atoms with E-state index in [-0.39, 0.29) is 17.7 Å². The summed E-state index contributed by atoms with van der Waals surface area (Å²) in [7, 11) is 1.66. The van der Waals surface area contributed by atoms with Crippen LogP contribution in [0.4, 0.5) is 0 Å². The summed E-state index contributed by atoms with van der Waals surface area (Å²) in [5.74, 6) is 0.770. The number of hydrogen-bond acceptors (Lipinski definition) is 6. The molecule has 3 heterocycles. The van der Waals surface area contributed by atoms with Crippen molar-refractivity contribution in [3.63, 3.8) is 0 Å². The van der Waals surface area contributed by atoms with Gasteiger partial charge in [0.15, 0.2) is 6.23 Å². The topological polar surface area (TPSA) is 85.8 Å². The van der Waals surface area contributed by atoms with Crippen LogP contribution in [0.3, 0.4) is 0 Å². The fourth-order valence-electron chi connectivity index (χ4n) is 6.58. The summed E-state index contributed by atoms with van der Waals surface area (Å²) in [5.41, 5.74) is 1.71. The number of ether oxygens (including phenoxy) is 3. The Hall–Kier alpha value is -3.98. The minimum Gasteiger partial charge on any atom is -0.497 e. The molecule has 224 valence electrons. The molecule has 2 fully saturated rings. The van der Waals surface area contributed by atoms with E-state index in [9.17, 15) is 9.59 Å². The number of H-pyrrole nitrogens is 1. The predicted molar refractivity (Wildman–Crippen MR) is 166 cm³/mol. The molecule has 6 rings (SSSR count). The van der Waals surface area contributed by atoms with E-state index < -0.39 is 17.5 Å². The maximum Gasteiger partial charge on any atom is 0.330 e. The van der Waals surface area contributed by atoms with Gasteiger partial charge >= 0.3 is 5.69 Å². The van der Waals surface area contributed by atoms with Gasteiger partial charge in [0, 0.05) is 11.8 Å². The third-order valence-electron chi connectivity index (χ3n) is 8.79. The van der Waals surface area contributed by atoms with Gasteiger partial charge in [-0.25, -0.2) is 4.79 Å². The zero-order chi connectivity index (χ0) is 29.8. The number of hydrogen-bond donors (Lipinski definition) is 1. The SMILES string of the molecule is COc1ccc(C(OC[C@@H]2C[C@@H](N3CCCCC3)[C@H](n3cc(C)c(=O)[nH]c3=O)O2)(c2ccccc2)c2ccccc2)cc1. The van der Waals surface area contributed by atoms with Crippen LogP contribution in [0.1, 0.15) is 54.2 Å². The van der Waals surface area contributed by atoms with E-state index >= 15 is 0 Å². The highest BCUT2D eigenvalue weighted by molar-refractivity contribution is 5.48. The first-order chi connectivity index (χ1) is 21.0. The Morgan fingerprint density at radius 3 is 2.07 bits per heavy atom. The Morgan fingerprint density at radius 1 is 0.860 bits per heavy atom. The van der Waals surface area contributed by atoms with Crippen molar-refractivity contribution in [1.82, 2.24) is 14.5 Å². The van der Waals surface area contributed by atoms with Gasteiger partial charge in [0.2, 0.25) is 0 Å². The van der Waals surface area contributed by atoms with E-state index in [0.717, 1.165) is 48.4 Å². The molecular formula is C35H39N3O5. The minimum atomic E-state index is -0.914. The third-order valence-corrected chi connectivity index (χ3v) is 8.79. The van der Waals surface area contributed by atoms with E-state index in [2.05, 4.69) is 46.3 Å². The van der Waals surface area contributed by atoms with Gasteiger partial charge in [0.05, 0.1) is 25.9 Å². The van der Waals surface area contributed by atoms with Crippen LogP contribution in [0.15, 0.2) is 101 Å². The van der Waals surface area contributed by atoms with Crippen molar-refractivity contribution in [3.8, 4) is 5.75 Å². The molecule has 3 aromatic carbocycles. The molecule has 0 spiro atoms. The van der Waals surface area contributed by atoms with E-state index in [1.54, 1.807) is 24.8 Å². The summed E-state index contributed by atoms with van der Waals surface area (Å²) in [4.78, 5) is 30.1. The van der Waals surface area contributed by atoms with Crippen LogP contribution in [-0.4, -0.2) is 53.4 Å². The number of piperidine rings is 1. The maximum absolute atomic E-state index is 13.0. The quantitative estimate of drug-likeness (QED) is 0.280.